The van der Waals surface area contributed by atoms with Gasteiger partial charge in [-0.25, -0.2) is 0 Å². The first-order valence-corrected chi connectivity index (χ1v) is 7.91. The van der Waals surface area contributed by atoms with E-state index in [-0.39, 0.29) is 11.9 Å². The molecule has 0 aliphatic rings. The largest absolute Gasteiger partial charge is 0.352 e. The summed E-state index contributed by atoms with van der Waals surface area (Å²) in [6, 6.07) is 7.09. The van der Waals surface area contributed by atoms with E-state index in [0.29, 0.717) is 0 Å². The molecule has 2 aromatic rings. The molecule has 5 nitrogen and oxygen atoms in total. The molecule has 0 saturated heterocycles. The predicted molar refractivity (Wildman–Crippen MR) is 92.1 cm³/mol. The van der Waals surface area contributed by atoms with Crippen molar-refractivity contribution in [3.05, 3.63) is 52.3 Å². The van der Waals surface area contributed by atoms with Crippen LogP contribution in [0.5, 0.6) is 0 Å². The van der Waals surface area contributed by atoms with E-state index in [4.69, 9.17) is 5.73 Å². The first kappa shape index (κ1) is 17.2. The van der Waals surface area contributed by atoms with Crippen molar-refractivity contribution in [1.29, 1.82) is 0 Å². The Morgan fingerprint density at radius 3 is 2.39 bits per heavy atom. The van der Waals surface area contributed by atoms with Crippen molar-refractivity contribution in [3.8, 4) is 0 Å². The lowest BCUT2D eigenvalue weighted by Crippen LogP contribution is -2.40. The lowest BCUT2D eigenvalue weighted by molar-refractivity contribution is -0.123. The van der Waals surface area contributed by atoms with Crippen LogP contribution in [0.15, 0.2) is 24.3 Å². The Bertz CT molecular complexity index is 688. The normalized spacial score (nSPS) is 13.7. The SMILES string of the molecule is Cc1ccc(C(N)C(=O)NC(C)Cc2c(C)nn(C)c2C)cc1. The average Bonchev–Trinajstić information content (AvgIpc) is 2.73. The Labute approximate surface area is 137 Å². The van der Waals surface area contributed by atoms with Crippen LogP contribution in [0.2, 0.25) is 0 Å². The maximum absolute atomic E-state index is 12.3. The number of benzene rings is 1. The van der Waals surface area contributed by atoms with Crippen molar-refractivity contribution < 1.29 is 4.79 Å². The second kappa shape index (κ2) is 6.96. The van der Waals surface area contributed by atoms with Crippen LogP contribution in [0.1, 0.15) is 41.0 Å². The highest BCUT2D eigenvalue weighted by Gasteiger charge is 2.19. The highest BCUT2D eigenvalue weighted by Crippen LogP contribution is 2.15. The third-order valence-corrected chi connectivity index (χ3v) is 4.28. The molecule has 23 heavy (non-hydrogen) atoms. The molecule has 0 aliphatic carbocycles. The van der Waals surface area contributed by atoms with Gasteiger partial charge in [0.25, 0.3) is 0 Å². The predicted octanol–water partition coefficient (Wildman–Crippen LogP) is 2.09. The summed E-state index contributed by atoms with van der Waals surface area (Å²) in [4.78, 5) is 12.3. The molecule has 2 unspecified atom stereocenters. The van der Waals surface area contributed by atoms with Gasteiger partial charge in [0.05, 0.1) is 5.69 Å². The van der Waals surface area contributed by atoms with Crippen LogP contribution in [0, 0.1) is 20.8 Å². The molecule has 1 amide bonds. The van der Waals surface area contributed by atoms with E-state index in [0.717, 1.165) is 28.9 Å². The van der Waals surface area contributed by atoms with E-state index < -0.39 is 6.04 Å². The number of aromatic nitrogens is 2. The molecule has 124 valence electrons. The summed E-state index contributed by atoms with van der Waals surface area (Å²) < 4.78 is 1.87. The molecule has 0 bridgehead atoms. The van der Waals surface area contributed by atoms with Crippen molar-refractivity contribution in [2.45, 2.75) is 46.2 Å². The van der Waals surface area contributed by atoms with Crippen molar-refractivity contribution >= 4 is 5.91 Å². The van der Waals surface area contributed by atoms with Gasteiger partial charge in [0, 0.05) is 18.8 Å². The number of nitrogens with two attached hydrogens (primary N) is 1. The van der Waals surface area contributed by atoms with Crippen molar-refractivity contribution in [1.82, 2.24) is 15.1 Å². The third kappa shape index (κ3) is 3.99. The average molecular weight is 314 g/mol. The first-order chi connectivity index (χ1) is 10.8. The number of rotatable bonds is 5. The molecular formula is C18H26N4O. The Balaban J connectivity index is 2.00. The van der Waals surface area contributed by atoms with Crippen LogP contribution in [0.25, 0.3) is 0 Å². The molecule has 1 heterocycles. The van der Waals surface area contributed by atoms with E-state index in [1.54, 1.807) is 0 Å². The van der Waals surface area contributed by atoms with Crippen LogP contribution in [0.3, 0.4) is 0 Å². The van der Waals surface area contributed by atoms with Gasteiger partial charge in [-0.15, -0.1) is 0 Å². The van der Waals surface area contributed by atoms with Crippen molar-refractivity contribution in [2.24, 2.45) is 12.8 Å². The highest BCUT2D eigenvalue weighted by molar-refractivity contribution is 5.83. The summed E-state index contributed by atoms with van der Waals surface area (Å²) in [6.45, 7) is 8.04. The van der Waals surface area contributed by atoms with Crippen LogP contribution < -0.4 is 11.1 Å². The molecule has 2 rings (SSSR count). The van der Waals surface area contributed by atoms with E-state index in [2.05, 4.69) is 10.4 Å². The smallest absolute Gasteiger partial charge is 0.241 e. The topological polar surface area (TPSA) is 72.9 Å². The number of carbonyl (C=O) groups is 1. The number of hydrogen-bond donors (Lipinski definition) is 2. The lowest BCUT2D eigenvalue weighted by atomic mass is 10.0. The molecule has 1 aromatic carbocycles. The third-order valence-electron chi connectivity index (χ3n) is 4.28. The summed E-state index contributed by atoms with van der Waals surface area (Å²) in [7, 11) is 1.93. The monoisotopic (exact) mass is 314 g/mol. The molecule has 2 atom stereocenters. The minimum Gasteiger partial charge on any atom is -0.352 e. The van der Waals surface area contributed by atoms with Gasteiger partial charge in [-0.05, 0) is 45.2 Å². The van der Waals surface area contributed by atoms with E-state index in [1.807, 2.05) is 63.7 Å². The molecule has 0 spiro atoms. The maximum atomic E-state index is 12.3. The zero-order valence-corrected chi connectivity index (χ0v) is 14.6. The molecule has 3 N–H and O–H groups in total. The quantitative estimate of drug-likeness (QED) is 0.887. The molecule has 1 aromatic heterocycles. The molecule has 0 saturated carbocycles. The molecule has 0 fully saturated rings. The van der Waals surface area contributed by atoms with E-state index in [1.165, 1.54) is 5.56 Å². The van der Waals surface area contributed by atoms with Crippen LogP contribution in [0.4, 0.5) is 0 Å². The summed E-state index contributed by atoms with van der Waals surface area (Å²) in [5.41, 5.74) is 11.4. The standard InChI is InChI=1S/C18H26N4O/c1-11-6-8-15(9-7-11)17(19)18(23)20-12(2)10-16-13(3)21-22(5)14(16)4/h6-9,12,17H,10,19H2,1-5H3,(H,20,23). The number of amides is 1. The van der Waals surface area contributed by atoms with Gasteiger partial charge in [0.2, 0.25) is 5.91 Å². The maximum Gasteiger partial charge on any atom is 0.241 e. The fourth-order valence-electron chi connectivity index (χ4n) is 2.73. The van der Waals surface area contributed by atoms with Gasteiger partial charge in [-0.3, -0.25) is 9.48 Å². The molecule has 0 radical (unpaired) electrons. The highest BCUT2D eigenvalue weighted by atomic mass is 16.2. The van der Waals surface area contributed by atoms with Crippen LogP contribution >= 0.6 is 0 Å². The molecular weight excluding hydrogens is 288 g/mol. The summed E-state index contributed by atoms with van der Waals surface area (Å²) in [6.07, 6.45) is 0.748. The number of nitrogens with one attached hydrogen (secondary N) is 1. The Kier molecular flexibility index (Phi) is 5.21. The molecule has 5 heteroatoms. The zero-order valence-electron chi connectivity index (χ0n) is 14.6. The Morgan fingerprint density at radius 1 is 1.26 bits per heavy atom. The van der Waals surface area contributed by atoms with Gasteiger partial charge < -0.3 is 11.1 Å². The zero-order chi connectivity index (χ0) is 17.1. The summed E-state index contributed by atoms with van der Waals surface area (Å²) in [5, 5.41) is 7.42. The number of hydrogen-bond acceptors (Lipinski definition) is 3. The Morgan fingerprint density at radius 2 is 1.87 bits per heavy atom. The molecule has 0 aliphatic heterocycles. The minimum atomic E-state index is -0.644. The second-order valence-corrected chi connectivity index (χ2v) is 6.28. The van der Waals surface area contributed by atoms with E-state index >= 15 is 0 Å². The van der Waals surface area contributed by atoms with Gasteiger partial charge in [-0.1, -0.05) is 29.8 Å². The van der Waals surface area contributed by atoms with E-state index in [9.17, 15) is 4.79 Å². The van der Waals surface area contributed by atoms with Gasteiger partial charge in [0.1, 0.15) is 6.04 Å². The summed E-state index contributed by atoms with van der Waals surface area (Å²) in [5.74, 6) is -0.152. The van der Waals surface area contributed by atoms with Gasteiger partial charge in [-0.2, -0.15) is 5.10 Å². The van der Waals surface area contributed by atoms with Crippen LogP contribution in [-0.2, 0) is 18.3 Å². The second-order valence-electron chi connectivity index (χ2n) is 6.28. The number of nitrogens with zero attached hydrogens (tertiary/aromatic N) is 2. The Hall–Kier alpha value is -2.14. The fraction of sp³-hybridized carbons (Fsp3) is 0.444. The number of carbonyl (C=O) groups excluding carboxylic acids is 1. The first-order valence-electron chi connectivity index (χ1n) is 7.91. The minimum absolute atomic E-state index is 0.000554. The van der Waals surface area contributed by atoms with Gasteiger partial charge in [0.15, 0.2) is 0 Å². The van der Waals surface area contributed by atoms with Gasteiger partial charge >= 0.3 is 0 Å². The van der Waals surface area contributed by atoms with Crippen LogP contribution in [-0.4, -0.2) is 21.7 Å². The lowest BCUT2D eigenvalue weighted by Gasteiger charge is -2.18. The summed E-state index contributed by atoms with van der Waals surface area (Å²) >= 11 is 0. The van der Waals surface area contributed by atoms with Crippen molar-refractivity contribution in [3.63, 3.8) is 0 Å². The number of aryl methyl sites for hydroxylation is 3. The van der Waals surface area contributed by atoms with Crippen molar-refractivity contribution in [2.75, 3.05) is 0 Å². The fourth-order valence-corrected chi connectivity index (χ4v) is 2.73.